The summed E-state index contributed by atoms with van der Waals surface area (Å²) in [6.07, 6.45) is 3.58. The molecule has 1 atom stereocenters. The molecular formula is C18H23N5O2. The van der Waals surface area contributed by atoms with Gasteiger partial charge in [0.15, 0.2) is 0 Å². The average molecular weight is 341 g/mol. The Bertz CT molecular complexity index is 697. The van der Waals surface area contributed by atoms with E-state index in [-0.39, 0.29) is 12.6 Å². The van der Waals surface area contributed by atoms with Gasteiger partial charge in [0, 0.05) is 32.9 Å². The van der Waals surface area contributed by atoms with Crippen molar-refractivity contribution in [3.05, 3.63) is 54.5 Å². The maximum atomic E-state index is 12.2. The minimum Gasteiger partial charge on any atom is -0.387 e. The number of carbonyl (C=O) groups excluding carboxylic acids is 1. The van der Waals surface area contributed by atoms with E-state index in [2.05, 4.69) is 32.3 Å². The largest absolute Gasteiger partial charge is 0.387 e. The molecule has 0 bridgehead atoms. The summed E-state index contributed by atoms with van der Waals surface area (Å²) in [5.74, 6) is 0.441. The monoisotopic (exact) mass is 341 g/mol. The molecule has 2 heterocycles. The van der Waals surface area contributed by atoms with Crippen LogP contribution in [0.2, 0.25) is 0 Å². The van der Waals surface area contributed by atoms with E-state index >= 15 is 0 Å². The fraction of sp³-hybridized carbons (Fsp3) is 0.389. The number of likely N-dealkylation sites (tertiary alicyclic amines) is 1. The number of nitrogens with one attached hydrogen (secondary N) is 1. The van der Waals surface area contributed by atoms with E-state index in [1.165, 1.54) is 16.8 Å². The van der Waals surface area contributed by atoms with Crippen LogP contribution in [0.1, 0.15) is 12.0 Å². The molecule has 0 spiro atoms. The van der Waals surface area contributed by atoms with Crippen molar-refractivity contribution in [3.63, 3.8) is 0 Å². The number of benzene rings is 1. The summed E-state index contributed by atoms with van der Waals surface area (Å²) in [5.41, 5.74) is 0.327. The molecule has 7 nitrogen and oxygen atoms in total. The van der Waals surface area contributed by atoms with Crippen molar-refractivity contribution in [2.24, 2.45) is 0 Å². The topological polar surface area (TPSA) is 81.6 Å². The van der Waals surface area contributed by atoms with E-state index in [1.54, 1.807) is 19.3 Å². The Balaban J connectivity index is 1.52. The molecule has 132 valence electrons. The zero-order chi connectivity index (χ0) is 17.7. The lowest BCUT2D eigenvalue weighted by Crippen LogP contribution is -2.47. The van der Waals surface area contributed by atoms with Crippen LogP contribution in [0.5, 0.6) is 0 Å². The summed E-state index contributed by atoms with van der Waals surface area (Å²) in [5, 5.41) is 13.5. The fourth-order valence-electron chi connectivity index (χ4n) is 3.13. The molecule has 7 heteroatoms. The highest BCUT2D eigenvalue weighted by Crippen LogP contribution is 2.24. The smallest absolute Gasteiger partial charge is 0.322 e. The Morgan fingerprint density at radius 1 is 1.36 bits per heavy atom. The lowest BCUT2D eigenvalue weighted by Gasteiger charge is -2.29. The van der Waals surface area contributed by atoms with Gasteiger partial charge in [0.2, 0.25) is 0 Å². The molecule has 1 saturated heterocycles. The van der Waals surface area contributed by atoms with E-state index in [9.17, 15) is 9.90 Å². The van der Waals surface area contributed by atoms with Crippen molar-refractivity contribution < 1.29 is 9.90 Å². The minimum absolute atomic E-state index is 0.273. The van der Waals surface area contributed by atoms with Crippen LogP contribution in [0.3, 0.4) is 0 Å². The van der Waals surface area contributed by atoms with Gasteiger partial charge in [-0.05, 0) is 18.1 Å². The summed E-state index contributed by atoms with van der Waals surface area (Å²) >= 11 is 0. The number of hydrogen-bond acceptors (Lipinski definition) is 5. The van der Waals surface area contributed by atoms with Gasteiger partial charge >= 0.3 is 6.03 Å². The first kappa shape index (κ1) is 17.3. The molecule has 1 fully saturated rings. The van der Waals surface area contributed by atoms with E-state index in [0.29, 0.717) is 18.8 Å². The van der Waals surface area contributed by atoms with Gasteiger partial charge in [-0.15, -0.1) is 0 Å². The van der Waals surface area contributed by atoms with Crippen molar-refractivity contribution >= 4 is 11.8 Å². The number of aliphatic hydroxyl groups is 1. The van der Waals surface area contributed by atoms with Gasteiger partial charge in [-0.25, -0.2) is 14.8 Å². The summed E-state index contributed by atoms with van der Waals surface area (Å²) < 4.78 is 0. The van der Waals surface area contributed by atoms with Crippen LogP contribution >= 0.6 is 0 Å². The molecule has 2 amide bonds. The Hall–Kier alpha value is -2.51. The van der Waals surface area contributed by atoms with Gasteiger partial charge in [-0.2, -0.15) is 0 Å². The van der Waals surface area contributed by atoms with Crippen molar-refractivity contribution in [2.45, 2.75) is 18.6 Å². The van der Waals surface area contributed by atoms with Crippen molar-refractivity contribution in [3.8, 4) is 0 Å². The number of rotatable bonds is 5. The third-order valence-corrected chi connectivity index (χ3v) is 4.36. The van der Waals surface area contributed by atoms with Gasteiger partial charge in [0.25, 0.3) is 0 Å². The van der Waals surface area contributed by atoms with Gasteiger partial charge in [-0.3, -0.25) is 10.2 Å². The predicted molar refractivity (Wildman–Crippen MR) is 95.0 cm³/mol. The number of carbonyl (C=O) groups is 1. The first-order valence-corrected chi connectivity index (χ1v) is 8.31. The third kappa shape index (κ3) is 4.74. The van der Waals surface area contributed by atoms with Gasteiger partial charge in [0.1, 0.15) is 12.1 Å². The number of amides is 2. The van der Waals surface area contributed by atoms with E-state index in [1.807, 2.05) is 18.2 Å². The first-order chi connectivity index (χ1) is 12.0. The average Bonchev–Trinajstić information content (AvgIpc) is 2.97. The number of urea groups is 1. The number of anilines is 1. The highest BCUT2D eigenvalue weighted by atomic mass is 16.3. The van der Waals surface area contributed by atoms with Gasteiger partial charge in [0.05, 0.1) is 12.1 Å². The molecule has 2 N–H and O–H groups in total. The maximum absolute atomic E-state index is 12.2. The standard InChI is InChI=1S/C18H23N5O2/c1-22(17(24)21-16-7-9-19-14-20-16)12-18(25)8-10-23(13-18)11-15-5-3-2-4-6-15/h2-7,9,14,25H,8,10-13H2,1H3,(H,19,20,21,24). The Morgan fingerprint density at radius 2 is 2.16 bits per heavy atom. The minimum atomic E-state index is -0.896. The second kappa shape index (κ2) is 7.58. The SMILES string of the molecule is CN(CC1(O)CCN(Cc2ccccc2)C1)C(=O)Nc1ccncn1. The molecule has 1 aliphatic rings. The van der Waals surface area contributed by atoms with Crippen molar-refractivity contribution in [2.75, 3.05) is 32.0 Å². The van der Waals surface area contributed by atoms with E-state index < -0.39 is 5.60 Å². The summed E-state index contributed by atoms with van der Waals surface area (Å²) in [6, 6.07) is 11.5. The number of hydrogen-bond donors (Lipinski definition) is 2. The van der Waals surface area contributed by atoms with Crippen molar-refractivity contribution in [1.29, 1.82) is 0 Å². The van der Waals surface area contributed by atoms with Gasteiger partial charge in [-0.1, -0.05) is 30.3 Å². The normalized spacial score (nSPS) is 20.4. The third-order valence-electron chi connectivity index (χ3n) is 4.36. The molecular weight excluding hydrogens is 318 g/mol. The maximum Gasteiger partial charge on any atom is 0.322 e. The second-order valence-electron chi connectivity index (χ2n) is 6.55. The van der Waals surface area contributed by atoms with Gasteiger partial charge < -0.3 is 10.0 Å². The number of aromatic nitrogens is 2. The summed E-state index contributed by atoms with van der Waals surface area (Å²) in [4.78, 5) is 23.7. The second-order valence-corrected chi connectivity index (χ2v) is 6.55. The molecule has 25 heavy (non-hydrogen) atoms. The molecule has 1 aromatic carbocycles. The van der Waals surface area contributed by atoms with Crippen LogP contribution in [0, 0.1) is 0 Å². The molecule has 3 rings (SSSR count). The molecule has 1 aliphatic heterocycles. The molecule has 0 radical (unpaired) electrons. The number of β-amino-alcohol motifs (C(OH)–C–C–N with tert-alkyl or cyclic N) is 1. The quantitative estimate of drug-likeness (QED) is 0.863. The molecule has 2 aromatic rings. The predicted octanol–water partition coefficient (Wildman–Crippen LogP) is 1.58. The van der Waals surface area contributed by atoms with E-state index in [0.717, 1.165) is 13.1 Å². The molecule has 0 aliphatic carbocycles. The van der Waals surface area contributed by atoms with Crippen LogP contribution in [-0.2, 0) is 6.54 Å². The van der Waals surface area contributed by atoms with Crippen LogP contribution in [0.25, 0.3) is 0 Å². The fourth-order valence-corrected chi connectivity index (χ4v) is 3.13. The molecule has 1 unspecified atom stereocenters. The zero-order valence-electron chi connectivity index (χ0n) is 14.3. The van der Waals surface area contributed by atoms with E-state index in [4.69, 9.17) is 0 Å². The lowest BCUT2D eigenvalue weighted by molar-refractivity contribution is 0.0275. The highest BCUT2D eigenvalue weighted by molar-refractivity contribution is 5.88. The zero-order valence-corrected chi connectivity index (χ0v) is 14.3. The van der Waals surface area contributed by atoms with Crippen molar-refractivity contribution in [1.82, 2.24) is 19.8 Å². The van der Waals surface area contributed by atoms with Crippen LogP contribution in [0.15, 0.2) is 48.9 Å². The van der Waals surface area contributed by atoms with Crippen LogP contribution in [-0.4, -0.2) is 63.2 Å². The number of nitrogens with zero attached hydrogens (tertiary/aromatic N) is 4. The molecule has 1 aromatic heterocycles. The highest BCUT2D eigenvalue weighted by Gasteiger charge is 2.37. The lowest BCUT2D eigenvalue weighted by atomic mass is 10.0. The Morgan fingerprint density at radius 3 is 2.88 bits per heavy atom. The van der Waals surface area contributed by atoms with Crippen LogP contribution < -0.4 is 5.32 Å². The Labute approximate surface area is 147 Å². The molecule has 0 saturated carbocycles. The summed E-state index contributed by atoms with van der Waals surface area (Å²) in [6.45, 7) is 2.44. The summed E-state index contributed by atoms with van der Waals surface area (Å²) in [7, 11) is 1.67. The first-order valence-electron chi connectivity index (χ1n) is 8.31. The van der Waals surface area contributed by atoms with Crippen LogP contribution in [0.4, 0.5) is 10.6 Å². The Kier molecular flexibility index (Phi) is 5.25. The number of likely N-dealkylation sites (N-methyl/N-ethyl adjacent to an activating group) is 1.